The second-order valence-corrected chi connectivity index (χ2v) is 8.20. The van der Waals surface area contributed by atoms with E-state index in [1.807, 2.05) is 12.1 Å². The molecule has 3 rings (SSSR count). The fourth-order valence-corrected chi connectivity index (χ4v) is 4.20. The average Bonchev–Trinajstić information content (AvgIpc) is 3.08. The maximum absolute atomic E-state index is 11.3. The zero-order valence-corrected chi connectivity index (χ0v) is 15.0. The van der Waals surface area contributed by atoms with Gasteiger partial charge in [0.25, 0.3) is 0 Å². The third kappa shape index (κ3) is 3.59. The normalized spacial score (nSPS) is 26.7. The molecule has 0 aliphatic carbocycles. The summed E-state index contributed by atoms with van der Waals surface area (Å²) in [4.78, 5) is 13.7. The number of aliphatic carboxylic acids is 1. The van der Waals surface area contributed by atoms with E-state index in [9.17, 15) is 9.90 Å². The molecule has 2 fully saturated rings. The van der Waals surface area contributed by atoms with Crippen LogP contribution in [-0.4, -0.2) is 41.2 Å². The van der Waals surface area contributed by atoms with Gasteiger partial charge in [0.15, 0.2) is 0 Å². The van der Waals surface area contributed by atoms with E-state index < -0.39 is 5.97 Å². The Morgan fingerprint density at radius 2 is 2.12 bits per heavy atom. The first-order valence-corrected chi connectivity index (χ1v) is 9.08. The van der Waals surface area contributed by atoms with Crippen molar-refractivity contribution in [2.45, 2.75) is 64.0 Å². The Hall–Kier alpha value is -1.55. The number of nitrogens with zero attached hydrogens (tertiary/aromatic N) is 1. The number of benzene rings is 1. The van der Waals surface area contributed by atoms with E-state index in [1.54, 1.807) is 0 Å². The number of fused-ring (bicyclic) bond motifs is 2. The van der Waals surface area contributed by atoms with Crippen LogP contribution in [0.4, 0.5) is 0 Å². The van der Waals surface area contributed by atoms with Gasteiger partial charge in [0.2, 0.25) is 0 Å². The molecule has 1 N–H and O–H groups in total. The lowest BCUT2D eigenvalue weighted by Crippen LogP contribution is -2.34. The van der Waals surface area contributed by atoms with Crippen molar-refractivity contribution in [2.75, 3.05) is 13.2 Å². The van der Waals surface area contributed by atoms with Crippen LogP contribution in [0.1, 0.15) is 52.0 Å². The van der Waals surface area contributed by atoms with Crippen LogP contribution in [0.15, 0.2) is 24.3 Å². The lowest BCUT2D eigenvalue weighted by atomic mass is 9.87. The van der Waals surface area contributed by atoms with Crippen molar-refractivity contribution >= 4 is 5.97 Å². The van der Waals surface area contributed by atoms with Gasteiger partial charge in [-0.05, 0) is 48.8 Å². The first-order valence-electron chi connectivity index (χ1n) is 9.08. The Kier molecular flexibility index (Phi) is 4.86. The van der Waals surface area contributed by atoms with E-state index in [4.69, 9.17) is 4.74 Å². The maximum Gasteiger partial charge on any atom is 0.308 e. The van der Waals surface area contributed by atoms with Crippen LogP contribution >= 0.6 is 0 Å². The predicted molar refractivity (Wildman–Crippen MR) is 94.5 cm³/mol. The Morgan fingerprint density at radius 3 is 2.79 bits per heavy atom. The minimum atomic E-state index is -0.623. The van der Waals surface area contributed by atoms with Gasteiger partial charge >= 0.3 is 5.97 Å². The zero-order chi connectivity index (χ0) is 17.3. The number of rotatable bonds is 6. The molecule has 0 aromatic heterocycles. The minimum Gasteiger partial charge on any atom is -0.494 e. The third-order valence-corrected chi connectivity index (χ3v) is 5.53. The molecular formula is C20H29NO3. The van der Waals surface area contributed by atoms with Crippen LogP contribution in [0.2, 0.25) is 0 Å². The fourth-order valence-electron chi connectivity index (χ4n) is 4.20. The molecule has 132 valence electrons. The largest absolute Gasteiger partial charge is 0.494 e. The molecular weight excluding hydrogens is 302 g/mol. The average molecular weight is 331 g/mol. The summed E-state index contributed by atoms with van der Waals surface area (Å²) in [7, 11) is 0. The van der Waals surface area contributed by atoms with Gasteiger partial charge in [0.05, 0.1) is 12.5 Å². The smallest absolute Gasteiger partial charge is 0.308 e. The molecule has 0 saturated carbocycles. The van der Waals surface area contributed by atoms with E-state index in [0.717, 1.165) is 38.0 Å². The van der Waals surface area contributed by atoms with E-state index >= 15 is 0 Å². The van der Waals surface area contributed by atoms with Crippen LogP contribution < -0.4 is 4.74 Å². The summed E-state index contributed by atoms with van der Waals surface area (Å²) in [6.45, 7) is 8.23. The van der Waals surface area contributed by atoms with Crippen molar-refractivity contribution in [1.82, 2.24) is 4.90 Å². The molecule has 24 heavy (non-hydrogen) atoms. The molecule has 0 radical (unpaired) electrons. The first-order chi connectivity index (χ1) is 11.4. The molecule has 4 heteroatoms. The van der Waals surface area contributed by atoms with Gasteiger partial charge in [-0.1, -0.05) is 32.9 Å². The summed E-state index contributed by atoms with van der Waals surface area (Å²) >= 11 is 0. The lowest BCUT2D eigenvalue weighted by molar-refractivity contribution is -0.142. The molecule has 0 amide bonds. The number of carbonyl (C=O) groups is 1. The Morgan fingerprint density at radius 1 is 1.33 bits per heavy atom. The topological polar surface area (TPSA) is 49.8 Å². The highest BCUT2D eigenvalue weighted by atomic mass is 16.5. The maximum atomic E-state index is 11.3. The predicted octanol–water partition coefficient (Wildman–Crippen LogP) is 3.69. The van der Waals surface area contributed by atoms with E-state index in [2.05, 4.69) is 37.8 Å². The van der Waals surface area contributed by atoms with E-state index in [-0.39, 0.29) is 17.4 Å². The summed E-state index contributed by atoms with van der Waals surface area (Å²) in [6.07, 6.45) is 3.96. The van der Waals surface area contributed by atoms with Crippen molar-refractivity contribution in [3.05, 3.63) is 29.8 Å². The van der Waals surface area contributed by atoms with Crippen LogP contribution in [0, 0.1) is 5.92 Å². The summed E-state index contributed by atoms with van der Waals surface area (Å²) in [5, 5.41) is 9.31. The van der Waals surface area contributed by atoms with Gasteiger partial charge in [0.1, 0.15) is 5.75 Å². The number of hydrogen-bond donors (Lipinski definition) is 1. The minimum absolute atomic E-state index is 0.125. The Bertz CT molecular complexity index is 593. The van der Waals surface area contributed by atoms with Gasteiger partial charge in [-0.15, -0.1) is 0 Å². The van der Waals surface area contributed by atoms with Gasteiger partial charge in [-0.2, -0.15) is 0 Å². The van der Waals surface area contributed by atoms with Gasteiger partial charge < -0.3 is 9.84 Å². The van der Waals surface area contributed by atoms with Crippen LogP contribution in [-0.2, 0) is 10.2 Å². The summed E-state index contributed by atoms with van der Waals surface area (Å²) < 4.78 is 5.92. The van der Waals surface area contributed by atoms with Gasteiger partial charge in [-0.25, -0.2) is 0 Å². The molecule has 4 nitrogen and oxygen atoms in total. The highest BCUT2D eigenvalue weighted by Crippen LogP contribution is 2.41. The molecule has 3 atom stereocenters. The molecule has 1 aromatic rings. The summed E-state index contributed by atoms with van der Waals surface area (Å²) in [5.74, 6) is 0.144. The number of ether oxygens (including phenoxy) is 1. The Balaban J connectivity index is 1.47. The molecule has 2 aliphatic rings. The fraction of sp³-hybridized carbons (Fsp3) is 0.650. The van der Waals surface area contributed by atoms with Crippen LogP contribution in [0.3, 0.4) is 0 Å². The van der Waals surface area contributed by atoms with Crippen LogP contribution in [0.25, 0.3) is 0 Å². The molecule has 2 bridgehead atoms. The van der Waals surface area contributed by atoms with E-state index in [1.165, 1.54) is 5.56 Å². The van der Waals surface area contributed by atoms with Crippen molar-refractivity contribution in [3.8, 4) is 5.75 Å². The summed E-state index contributed by atoms with van der Waals surface area (Å²) in [5.41, 5.74) is 1.40. The second-order valence-electron chi connectivity index (χ2n) is 8.20. The number of carboxylic acids is 1. The highest BCUT2D eigenvalue weighted by Gasteiger charge is 2.48. The molecule has 2 saturated heterocycles. The monoisotopic (exact) mass is 331 g/mol. The lowest BCUT2D eigenvalue weighted by Gasteiger charge is -2.23. The van der Waals surface area contributed by atoms with Crippen LogP contribution in [0.5, 0.6) is 5.75 Å². The number of carboxylic acid groups (broad SMARTS) is 1. The quantitative estimate of drug-likeness (QED) is 0.808. The molecule has 2 heterocycles. The third-order valence-electron chi connectivity index (χ3n) is 5.53. The standard InChI is InChI=1S/C20H29NO3/c1-20(2,3)14-6-4-7-16(12-14)24-11-5-10-21-15-8-9-18(21)17(13-15)19(22)23/h4,6-7,12,15,17-18H,5,8-11,13H2,1-3H3,(H,22,23). The van der Waals surface area contributed by atoms with Crippen molar-refractivity contribution in [2.24, 2.45) is 5.92 Å². The summed E-state index contributed by atoms with van der Waals surface area (Å²) in [6, 6.07) is 9.04. The molecule has 1 aromatic carbocycles. The highest BCUT2D eigenvalue weighted by molar-refractivity contribution is 5.71. The van der Waals surface area contributed by atoms with E-state index in [0.29, 0.717) is 12.6 Å². The van der Waals surface area contributed by atoms with Crippen molar-refractivity contribution in [3.63, 3.8) is 0 Å². The van der Waals surface area contributed by atoms with Crippen molar-refractivity contribution < 1.29 is 14.6 Å². The SMILES string of the molecule is CC(C)(C)c1cccc(OCCCN2C3CCC2C(C(=O)O)C3)c1. The molecule has 2 aliphatic heterocycles. The van der Waals surface area contributed by atoms with Gasteiger partial charge in [-0.3, -0.25) is 9.69 Å². The second kappa shape index (κ2) is 6.75. The molecule has 0 spiro atoms. The number of hydrogen-bond acceptors (Lipinski definition) is 3. The van der Waals surface area contributed by atoms with Gasteiger partial charge in [0, 0.05) is 18.6 Å². The molecule has 3 unspecified atom stereocenters. The first kappa shape index (κ1) is 17.3. The zero-order valence-electron chi connectivity index (χ0n) is 15.0. The Labute approximate surface area is 144 Å². The van der Waals surface area contributed by atoms with Crippen molar-refractivity contribution in [1.29, 1.82) is 0 Å².